The minimum Gasteiger partial charge on any atom is -0.377 e. The summed E-state index contributed by atoms with van der Waals surface area (Å²) in [6, 6.07) is 10.3. The van der Waals surface area contributed by atoms with Gasteiger partial charge in [-0.1, -0.05) is 28.9 Å². The van der Waals surface area contributed by atoms with Gasteiger partial charge in [-0.3, -0.25) is 4.79 Å². The van der Waals surface area contributed by atoms with Crippen LogP contribution in [0.2, 0.25) is 0 Å². The third-order valence-electron chi connectivity index (χ3n) is 3.97. The number of halogens is 1. The van der Waals surface area contributed by atoms with Crippen LogP contribution in [0.25, 0.3) is 0 Å². The number of fused-ring (bicyclic) bond motifs is 1. The minimum absolute atomic E-state index is 0.0677. The second-order valence-corrected chi connectivity index (χ2v) is 6.44. The molecule has 2 aromatic rings. The van der Waals surface area contributed by atoms with Crippen LogP contribution in [-0.2, 0) is 13.0 Å². The van der Waals surface area contributed by atoms with Crippen LogP contribution in [0.5, 0.6) is 0 Å². The van der Waals surface area contributed by atoms with Crippen LogP contribution in [0, 0.1) is 0 Å². The van der Waals surface area contributed by atoms with Gasteiger partial charge in [-0.05, 0) is 48.6 Å². The van der Waals surface area contributed by atoms with Gasteiger partial charge in [0, 0.05) is 23.3 Å². The van der Waals surface area contributed by atoms with E-state index in [0.29, 0.717) is 6.04 Å². The Labute approximate surface area is 133 Å². The van der Waals surface area contributed by atoms with Gasteiger partial charge in [0.2, 0.25) is 0 Å². The lowest BCUT2D eigenvalue weighted by Crippen LogP contribution is -2.19. The van der Waals surface area contributed by atoms with Crippen LogP contribution in [-0.4, -0.2) is 4.57 Å². The van der Waals surface area contributed by atoms with E-state index in [0.717, 1.165) is 36.0 Å². The number of hydrogen-bond acceptors (Lipinski definition) is 2. The van der Waals surface area contributed by atoms with Crippen molar-refractivity contribution in [2.45, 2.75) is 38.8 Å². The van der Waals surface area contributed by atoms with Gasteiger partial charge in [0.15, 0.2) is 0 Å². The van der Waals surface area contributed by atoms with Crippen molar-refractivity contribution in [1.29, 1.82) is 0 Å². The van der Waals surface area contributed by atoms with Crippen LogP contribution >= 0.6 is 15.9 Å². The molecule has 1 heterocycles. The van der Waals surface area contributed by atoms with Crippen molar-refractivity contribution < 1.29 is 0 Å². The highest BCUT2D eigenvalue weighted by molar-refractivity contribution is 9.10. The number of anilines is 1. The Hall–Kier alpha value is -1.55. The highest BCUT2D eigenvalue weighted by atomic mass is 79.9. The first-order valence-corrected chi connectivity index (χ1v) is 8.22. The Morgan fingerprint density at radius 1 is 1.33 bits per heavy atom. The summed E-state index contributed by atoms with van der Waals surface area (Å²) in [5.41, 5.74) is 3.86. The molecule has 1 aromatic carbocycles. The summed E-state index contributed by atoms with van der Waals surface area (Å²) in [6.07, 6.45) is 5.09. The van der Waals surface area contributed by atoms with Crippen molar-refractivity contribution >= 4 is 21.6 Å². The summed E-state index contributed by atoms with van der Waals surface area (Å²) in [5, 5.41) is 3.57. The maximum absolute atomic E-state index is 11.8. The zero-order valence-electron chi connectivity index (χ0n) is 12.1. The molecule has 0 spiro atoms. The van der Waals surface area contributed by atoms with Gasteiger partial charge < -0.3 is 9.88 Å². The monoisotopic (exact) mass is 346 g/mol. The fraction of sp³-hybridized carbons (Fsp3) is 0.353. The molecular formula is C17H19BrN2O. The van der Waals surface area contributed by atoms with Gasteiger partial charge in [-0.2, -0.15) is 0 Å². The zero-order chi connectivity index (χ0) is 14.8. The number of nitrogens with zero attached hydrogens (tertiary/aromatic N) is 1. The molecule has 1 unspecified atom stereocenters. The first-order valence-electron chi connectivity index (χ1n) is 7.42. The molecule has 3 rings (SSSR count). The van der Waals surface area contributed by atoms with E-state index < -0.39 is 0 Å². The topological polar surface area (TPSA) is 34.0 Å². The average Bonchev–Trinajstić information content (AvgIpc) is 2.85. The largest absolute Gasteiger partial charge is 0.377 e. The zero-order valence-corrected chi connectivity index (χ0v) is 13.7. The first-order chi connectivity index (χ1) is 10.2. The van der Waals surface area contributed by atoms with Crippen LogP contribution in [0.3, 0.4) is 0 Å². The molecule has 0 amide bonds. The molecule has 4 heteroatoms. The van der Waals surface area contributed by atoms with Crippen LogP contribution in [0.4, 0.5) is 5.69 Å². The maximum Gasteiger partial charge on any atom is 0.250 e. The summed E-state index contributed by atoms with van der Waals surface area (Å²) in [6.45, 7) is 2.85. The summed E-state index contributed by atoms with van der Waals surface area (Å²) in [5.74, 6) is 0. The molecule has 110 valence electrons. The summed E-state index contributed by atoms with van der Waals surface area (Å²) in [4.78, 5) is 11.8. The molecule has 21 heavy (non-hydrogen) atoms. The van der Waals surface area contributed by atoms with Crippen molar-refractivity contribution in [3.05, 3.63) is 62.5 Å². The molecule has 0 saturated heterocycles. The molecule has 0 bridgehead atoms. The van der Waals surface area contributed by atoms with E-state index in [1.54, 1.807) is 10.6 Å². The third-order valence-corrected chi connectivity index (χ3v) is 4.46. The van der Waals surface area contributed by atoms with E-state index in [4.69, 9.17) is 0 Å². The van der Waals surface area contributed by atoms with Crippen molar-refractivity contribution in [3.63, 3.8) is 0 Å². The lowest BCUT2D eigenvalue weighted by molar-refractivity contribution is 0.653. The number of aromatic nitrogens is 1. The molecule has 1 N–H and O–H groups in total. The highest BCUT2D eigenvalue weighted by Gasteiger charge is 2.22. The molecule has 1 aliphatic carbocycles. The van der Waals surface area contributed by atoms with Crippen molar-refractivity contribution in [3.8, 4) is 0 Å². The molecule has 0 saturated carbocycles. The van der Waals surface area contributed by atoms with Gasteiger partial charge in [-0.15, -0.1) is 0 Å². The van der Waals surface area contributed by atoms with Crippen LogP contribution in [0.1, 0.15) is 36.9 Å². The molecule has 3 nitrogen and oxygen atoms in total. The second kappa shape index (κ2) is 6.06. The first kappa shape index (κ1) is 14.4. The molecule has 1 aromatic heterocycles. The number of nitrogens with one attached hydrogen (secondary N) is 1. The Morgan fingerprint density at radius 3 is 3.00 bits per heavy atom. The summed E-state index contributed by atoms with van der Waals surface area (Å²) in [7, 11) is 0. The second-order valence-electron chi connectivity index (χ2n) is 5.53. The SMILES string of the molecule is CCCn1cc(NC2CCc3cc(Br)ccc32)ccc1=O. The van der Waals surface area contributed by atoms with E-state index in [1.165, 1.54) is 11.1 Å². The minimum atomic E-state index is 0.0677. The fourth-order valence-corrected chi connectivity index (χ4v) is 3.38. The Kier molecular flexibility index (Phi) is 4.15. The van der Waals surface area contributed by atoms with Crippen molar-refractivity contribution in [1.82, 2.24) is 4.57 Å². The molecule has 1 aliphatic rings. The Bertz CT molecular complexity index is 708. The normalized spacial score (nSPS) is 16.8. The number of aryl methyl sites for hydroxylation is 2. The lowest BCUT2D eigenvalue weighted by atomic mass is 10.1. The standard InChI is InChI=1S/C17H19BrN2O/c1-2-9-20-11-14(5-8-17(20)21)19-16-7-3-12-10-13(18)4-6-15(12)16/h4-6,8,10-11,16,19H,2-3,7,9H2,1H3. The number of pyridine rings is 1. The highest BCUT2D eigenvalue weighted by Crippen LogP contribution is 2.35. The van der Waals surface area contributed by atoms with E-state index in [9.17, 15) is 4.79 Å². The van der Waals surface area contributed by atoms with E-state index in [2.05, 4.69) is 46.4 Å². The fourth-order valence-electron chi connectivity index (χ4n) is 2.97. The predicted molar refractivity (Wildman–Crippen MR) is 89.8 cm³/mol. The van der Waals surface area contributed by atoms with Gasteiger partial charge in [0.05, 0.1) is 11.7 Å². The Morgan fingerprint density at radius 2 is 2.19 bits per heavy atom. The van der Waals surface area contributed by atoms with E-state index >= 15 is 0 Å². The van der Waals surface area contributed by atoms with E-state index in [1.807, 2.05) is 12.3 Å². The smallest absolute Gasteiger partial charge is 0.250 e. The number of hydrogen-bond donors (Lipinski definition) is 1. The quantitative estimate of drug-likeness (QED) is 0.903. The molecular weight excluding hydrogens is 328 g/mol. The van der Waals surface area contributed by atoms with Gasteiger partial charge in [0.25, 0.3) is 5.56 Å². The summed E-state index contributed by atoms with van der Waals surface area (Å²) < 4.78 is 2.91. The third kappa shape index (κ3) is 3.05. The number of benzene rings is 1. The molecule has 0 radical (unpaired) electrons. The lowest BCUT2D eigenvalue weighted by Gasteiger charge is -2.16. The molecule has 0 aliphatic heterocycles. The molecule has 1 atom stereocenters. The molecule has 0 fully saturated rings. The van der Waals surface area contributed by atoms with E-state index in [-0.39, 0.29) is 5.56 Å². The maximum atomic E-state index is 11.8. The van der Waals surface area contributed by atoms with Gasteiger partial charge in [-0.25, -0.2) is 0 Å². The van der Waals surface area contributed by atoms with Gasteiger partial charge in [0.1, 0.15) is 0 Å². The number of rotatable bonds is 4. The van der Waals surface area contributed by atoms with Crippen LogP contribution in [0.15, 0.2) is 45.8 Å². The summed E-state index contributed by atoms with van der Waals surface area (Å²) >= 11 is 3.53. The predicted octanol–water partition coefficient (Wildman–Crippen LogP) is 4.12. The van der Waals surface area contributed by atoms with Crippen molar-refractivity contribution in [2.75, 3.05) is 5.32 Å². The van der Waals surface area contributed by atoms with Crippen molar-refractivity contribution in [2.24, 2.45) is 0 Å². The average molecular weight is 347 g/mol. The van der Waals surface area contributed by atoms with Crippen LogP contribution < -0.4 is 10.9 Å². The van der Waals surface area contributed by atoms with Gasteiger partial charge >= 0.3 is 0 Å². The Balaban J connectivity index is 1.83.